The van der Waals surface area contributed by atoms with E-state index in [0.717, 1.165) is 42.4 Å². The molecule has 0 atom stereocenters. The third-order valence-electron chi connectivity index (χ3n) is 3.62. The number of likely N-dealkylation sites (tertiary alicyclic amines) is 1. The molecule has 1 fully saturated rings. The van der Waals surface area contributed by atoms with E-state index in [1.807, 2.05) is 0 Å². The molecule has 1 aliphatic rings. The molecule has 112 valence electrons. The van der Waals surface area contributed by atoms with E-state index in [-0.39, 0.29) is 6.61 Å². The second-order valence-corrected chi connectivity index (χ2v) is 6.44. The first-order chi connectivity index (χ1) is 10.0. The molecule has 1 saturated heterocycles. The molecule has 0 unspecified atom stereocenters. The van der Waals surface area contributed by atoms with Crippen molar-refractivity contribution in [1.29, 1.82) is 0 Å². The van der Waals surface area contributed by atoms with Crippen LogP contribution in [-0.2, 0) is 0 Å². The highest BCUT2D eigenvalue weighted by Gasteiger charge is 2.20. The molecule has 0 bridgehead atoms. The molecule has 2 nitrogen and oxygen atoms in total. The SMILES string of the molecule is C#CCOc1c(Cl)cc(C(=S)N2CCC(C)CC2)cc1Cl. The van der Waals surface area contributed by atoms with E-state index in [1.54, 1.807) is 12.1 Å². The summed E-state index contributed by atoms with van der Waals surface area (Å²) in [6, 6.07) is 3.58. The highest BCUT2D eigenvalue weighted by atomic mass is 35.5. The van der Waals surface area contributed by atoms with Crippen LogP contribution >= 0.6 is 35.4 Å². The number of terminal acetylenes is 1. The summed E-state index contributed by atoms with van der Waals surface area (Å²) in [6.07, 6.45) is 7.49. The molecule has 1 heterocycles. The molecule has 0 saturated carbocycles. The fourth-order valence-electron chi connectivity index (χ4n) is 2.33. The summed E-state index contributed by atoms with van der Waals surface area (Å²) in [6.45, 7) is 4.36. The Labute approximate surface area is 141 Å². The average molecular weight is 342 g/mol. The zero-order valence-corrected chi connectivity index (χ0v) is 14.2. The number of piperidine rings is 1. The largest absolute Gasteiger partial charge is 0.478 e. The van der Waals surface area contributed by atoms with E-state index >= 15 is 0 Å². The first-order valence-corrected chi connectivity index (χ1v) is 8.04. The van der Waals surface area contributed by atoms with Crippen LogP contribution in [-0.4, -0.2) is 29.6 Å². The van der Waals surface area contributed by atoms with Gasteiger partial charge in [-0.2, -0.15) is 0 Å². The van der Waals surface area contributed by atoms with Crippen LogP contribution in [0.5, 0.6) is 5.75 Å². The molecular formula is C16H17Cl2NOS. The van der Waals surface area contributed by atoms with Gasteiger partial charge in [0.2, 0.25) is 0 Å². The van der Waals surface area contributed by atoms with Crippen molar-refractivity contribution in [3.63, 3.8) is 0 Å². The molecule has 0 spiro atoms. The van der Waals surface area contributed by atoms with Crippen molar-refractivity contribution in [3.8, 4) is 18.1 Å². The van der Waals surface area contributed by atoms with Crippen LogP contribution in [0.2, 0.25) is 10.0 Å². The summed E-state index contributed by atoms with van der Waals surface area (Å²) >= 11 is 18.0. The molecule has 0 aromatic heterocycles. The second kappa shape index (κ2) is 7.35. The normalized spacial score (nSPS) is 15.6. The van der Waals surface area contributed by atoms with Gasteiger partial charge in [-0.05, 0) is 30.9 Å². The monoisotopic (exact) mass is 341 g/mol. The van der Waals surface area contributed by atoms with Crippen molar-refractivity contribution in [3.05, 3.63) is 27.7 Å². The van der Waals surface area contributed by atoms with E-state index in [9.17, 15) is 0 Å². The lowest BCUT2D eigenvalue weighted by Gasteiger charge is -2.32. The Morgan fingerprint density at radius 3 is 2.48 bits per heavy atom. The van der Waals surface area contributed by atoms with Crippen LogP contribution in [0.3, 0.4) is 0 Å². The molecule has 5 heteroatoms. The van der Waals surface area contributed by atoms with Crippen LogP contribution in [0.1, 0.15) is 25.3 Å². The van der Waals surface area contributed by atoms with Crippen LogP contribution in [0.25, 0.3) is 0 Å². The van der Waals surface area contributed by atoms with Crippen molar-refractivity contribution in [2.45, 2.75) is 19.8 Å². The molecule has 0 radical (unpaired) electrons. The predicted molar refractivity (Wildman–Crippen MR) is 92.5 cm³/mol. The summed E-state index contributed by atoms with van der Waals surface area (Å²) in [7, 11) is 0. The fourth-order valence-corrected chi connectivity index (χ4v) is 3.23. The van der Waals surface area contributed by atoms with Crippen molar-refractivity contribution in [1.82, 2.24) is 4.90 Å². The van der Waals surface area contributed by atoms with Crippen LogP contribution < -0.4 is 4.74 Å². The minimum atomic E-state index is 0.132. The number of benzene rings is 1. The highest BCUT2D eigenvalue weighted by Crippen LogP contribution is 2.35. The van der Waals surface area contributed by atoms with E-state index in [2.05, 4.69) is 17.7 Å². The van der Waals surface area contributed by atoms with Crippen molar-refractivity contribution in [2.24, 2.45) is 5.92 Å². The molecule has 1 aromatic rings. The smallest absolute Gasteiger partial charge is 0.157 e. The summed E-state index contributed by atoms with van der Waals surface area (Å²) in [5.41, 5.74) is 0.850. The van der Waals surface area contributed by atoms with Crippen molar-refractivity contribution < 1.29 is 4.74 Å². The lowest BCUT2D eigenvalue weighted by molar-refractivity contribution is 0.284. The zero-order chi connectivity index (χ0) is 15.4. The minimum Gasteiger partial charge on any atom is -0.478 e. The van der Waals surface area contributed by atoms with Gasteiger partial charge in [0.1, 0.15) is 11.6 Å². The van der Waals surface area contributed by atoms with Gasteiger partial charge in [-0.25, -0.2) is 0 Å². The zero-order valence-electron chi connectivity index (χ0n) is 11.9. The number of ether oxygens (including phenoxy) is 1. The second-order valence-electron chi connectivity index (χ2n) is 5.24. The van der Waals surface area contributed by atoms with Crippen molar-refractivity contribution >= 4 is 40.4 Å². The first-order valence-electron chi connectivity index (χ1n) is 6.87. The van der Waals surface area contributed by atoms with Gasteiger partial charge in [0.15, 0.2) is 5.75 Å². The number of hydrogen-bond donors (Lipinski definition) is 0. The van der Waals surface area contributed by atoms with Gasteiger partial charge in [0.05, 0.1) is 10.0 Å². The Bertz CT molecular complexity index is 551. The van der Waals surface area contributed by atoms with Crippen LogP contribution in [0.15, 0.2) is 12.1 Å². The molecule has 0 amide bonds. The van der Waals surface area contributed by atoms with Gasteiger partial charge in [-0.15, -0.1) is 6.42 Å². The third-order valence-corrected chi connectivity index (χ3v) is 4.67. The average Bonchev–Trinajstić information content (AvgIpc) is 2.46. The molecule has 21 heavy (non-hydrogen) atoms. The van der Waals surface area contributed by atoms with Gasteiger partial charge < -0.3 is 9.64 Å². The van der Waals surface area contributed by atoms with Gasteiger partial charge in [-0.3, -0.25) is 0 Å². The number of thiocarbonyl (C=S) groups is 1. The number of halogens is 2. The third kappa shape index (κ3) is 4.03. The minimum absolute atomic E-state index is 0.132. The summed E-state index contributed by atoms with van der Waals surface area (Å²) < 4.78 is 5.35. The Morgan fingerprint density at radius 1 is 1.38 bits per heavy atom. The summed E-state index contributed by atoms with van der Waals surface area (Å²) in [5, 5.41) is 0.862. The summed E-state index contributed by atoms with van der Waals surface area (Å²) in [4.78, 5) is 2.99. The topological polar surface area (TPSA) is 12.5 Å². The molecule has 1 aromatic carbocycles. The maximum absolute atomic E-state index is 6.22. The standard InChI is InChI=1S/C16H17Cl2NOS/c1-3-8-20-15-13(17)9-12(10-14(15)18)16(21)19-6-4-11(2)5-7-19/h1,9-11H,4-8H2,2H3. The molecule has 2 rings (SSSR count). The highest BCUT2D eigenvalue weighted by molar-refractivity contribution is 7.80. The van der Waals surface area contributed by atoms with Gasteiger partial charge in [-0.1, -0.05) is 48.3 Å². The van der Waals surface area contributed by atoms with Gasteiger partial charge in [0.25, 0.3) is 0 Å². The summed E-state index contributed by atoms with van der Waals surface area (Å²) in [5.74, 6) is 3.56. The molecule has 0 aliphatic carbocycles. The van der Waals surface area contributed by atoms with Crippen LogP contribution in [0, 0.1) is 18.3 Å². The lowest BCUT2D eigenvalue weighted by Crippen LogP contribution is -2.37. The number of rotatable bonds is 3. The maximum atomic E-state index is 6.22. The Morgan fingerprint density at radius 2 is 1.95 bits per heavy atom. The molecular weight excluding hydrogens is 325 g/mol. The van der Waals surface area contributed by atoms with E-state index in [1.165, 1.54) is 0 Å². The first kappa shape index (κ1) is 16.4. The maximum Gasteiger partial charge on any atom is 0.157 e. The van der Waals surface area contributed by atoms with Crippen LogP contribution in [0.4, 0.5) is 0 Å². The lowest BCUT2D eigenvalue weighted by atomic mass is 9.99. The van der Waals surface area contributed by atoms with Crippen molar-refractivity contribution in [2.75, 3.05) is 19.7 Å². The van der Waals surface area contributed by atoms with Gasteiger partial charge in [0, 0.05) is 18.7 Å². The van der Waals surface area contributed by atoms with E-state index in [0.29, 0.717) is 15.8 Å². The number of nitrogens with zero attached hydrogens (tertiary/aromatic N) is 1. The fraction of sp³-hybridized carbons (Fsp3) is 0.438. The molecule has 0 N–H and O–H groups in total. The van der Waals surface area contributed by atoms with E-state index in [4.69, 9.17) is 46.6 Å². The van der Waals surface area contributed by atoms with E-state index < -0.39 is 0 Å². The van der Waals surface area contributed by atoms with Gasteiger partial charge >= 0.3 is 0 Å². The number of hydrogen-bond acceptors (Lipinski definition) is 2. The predicted octanol–water partition coefficient (Wildman–Crippen LogP) is 4.41. The molecule has 1 aliphatic heterocycles. The Kier molecular flexibility index (Phi) is 5.75. The quantitative estimate of drug-likeness (QED) is 0.596. The Hall–Kier alpha value is -0.950. The Balaban J connectivity index is 2.17.